The molecule has 1 heterocycles. The van der Waals surface area contributed by atoms with E-state index in [1.165, 1.54) is 11.3 Å². The van der Waals surface area contributed by atoms with Crippen LogP contribution in [0.5, 0.6) is 0 Å². The predicted octanol–water partition coefficient (Wildman–Crippen LogP) is 1.94. The maximum absolute atomic E-state index is 11.7. The molecule has 0 bridgehead atoms. The minimum Gasteiger partial charge on any atom is -0.392 e. The highest BCUT2D eigenvalue weighted by molar-refractivity contribution is 7.12. The van der Waals surface area contributed by atoms with Crippen LogP contribution in [0.25, 0.3) is 0 Å². The van der Waals surface area contributed by atoms with E-state index in [1.54, 1.807) is 17.0 Å². The number of nitrogens with zero attached hydrogens (tertiary/aromatic N) is 1. The second kappa shape index (κ2) is 7.28. The van der Waals surface area contributed by atoms with Gasteiger partial charge in [0.15, 0.2) is 5.78 Å². The number of carbonyl (C=O) groups excluding carboxylic acids is 2. The third-order valence-corrected chi connectivity index (χ3v) is 3.65. The molecule has 4 nitrogen and oxygen atoms in total. The predicted molar refractivity (Wildman–Crippen MR) is 71.8 cm³/mol. The number of amides is 1. The molecule has 18 heavy (non-hydrogen) atoms. The van der Waals surface area contributed by atoms with Crippen LogP contribution in [0.15, 0.2) is 17.5 Å². The first-order valence-electron chi connectivity index (χ1n) is 6.11. The molecule has 1 rings (SSSR count). The van der Waals surface area contributed by atoms with Gasteiger partial charge in [0.1, 0.15) is 0 Å². The van der Waals surface area contributed by atoms with Crippen molar-refractivity contribution in [3.63, 3.8) is 0 Å². The number of thiophene rings is 1. The van der Waals surface area contributed by atoms with Crippen molar-refractivity contribution in [2.45, 2.75) is 32.8 Å². The van der Waals surface area contributed by atoms with Crippen LogP contribution in [-0.2, 0) is 4.79 Å². The van der Waals surface area contributed by atoms with Gasteiger partial charge >= 0.3 is 0 Å². The van der Waals surface area contributed by atoms with Crippen molar-refractivity contribution in [1.29, 1.82) is 0 Å². The van der Waals surface area contributed by atoms with Crippen LogP contribution in [0.2, 0.25) is 0 Å². The summed E-state index contributed by atoms with van der Waals surface area (Å²) >= 11 is 1.35. The molecule has 0 radical (unpaired) electrons. The molecule has 0 aliphatic heterocycles. The average Bonchev–Trinajstić information content (AvgIpc) is 2.83. The molecule has 0 saturated carbocycles. The van der Waals surface area contributed by atoms with E-state index < -0.39 is 6.10 Å². The Bertz CT molecular complexity index is 385. The number of rotatable bonds is 7. The fraction of sp³-hybridized carbons (Fsp3) is 0.538. The summed E-state index contributed by atoms with van der Waals surface area (Å²) in [5.41, 5.74) is 0. The lowest BCUT2D eigenvalue weighted by Gasteiger charge is -2.20. The summed E-state index contributed by atoms with van der Waals surface area (Å²) in [5.74, 6) is -0.212. The minimum atomic E-state index is -0.896. The van der Waals surface area contributed by atoms with Crippen LogP contribution >= 0.6 is 11.3 Å². The Kier molecular flexibility index (Phi) is 6.01. The SMILES string of the molecule is CCN(CC)C(=O)C[C@@H](O)CC(=O)c1cccs1. The van der Waals surface area contributed by atoms with E-state index in [1.807, 2.05) is 19.2 Å². The lowest BCUT2D eigenvalue weighted by Crippen LogP contribution is -2.33. The van der Waals surface area contributed by atoms with Crippen LogP contribution in [-0.4, -0.2) is 40.9 Å². The van der Waals surface area contributed by atoms with Crippen molar-refractivity contribution in [2.75, 3.05) is 13.1 Å². The fourth-order valence-corrected chi connectivity index (χ4v) is 2.41. The summed E-state index contributed by atoms with van der Waals surface area (Å²) in [6.45, 7) is 5.04. The molecule has 100 valence electrons. The van der Waals surface area contributed by atoms with Crippen molar-refractivity contribution in [3.8, 4) is 0 Å². The van der Waals surface area contributed by atoms with Gasteiger partial charge in [-0.2, -0.15) is 0 Å². The molecule has 0 aliphatic carbocycles. The Labute approximate surface area is 111 Å². The number of aliphatic hydroxyl groups is 1. The zero-order valence-corrected chi connectivity index (χ0v) is 11.6. The molecule has 0 saturated heterocycles. The molecule has 0 unspecified atom stereocenters. The van der Waals surface area contributed by atoms with Gasteiger partial charge in [-0.3, -0.25) is 9.59 Å². The second-order valence-corrected chi connectivity index (χ2v) is 4.98. The van der Waals surface area contributed by atoms with Crippen molar-refractivity contribution in [1.82, 2.24) is 4.90 Å². The highest BCUT2D eigenvalue weighted by Crippen LogP contribution is 2.14. The minimum absolute atomic E-state index is 0.00746. The summed E-state index contributed by atoms with van der Waals surface area (Å²) in [4.78, 5) is 25.8. The third-order valence-electron chi connectivity index (χ3n) is 2.74. The van der Waals surface area contributed by atoms with Gasteiger partial charge in [-0.1, -0.05) is 6.07 Å². The second-order valence-electron chi connectivity index (χ2n) is 4.03. The molecular weight excluding hydrogens is 250 g/mol. The largest absolute Gasteiger partial charge is 0.392 e. The first kappa shape index (κ1) is 14.9. The summed E-state index contributed by atoms with van der Waals surface area (Å²) in [6, 6.07) is 3.53. The van der Waals surface area contributed by atoms with Crippen molar-refractivity contribution < 1.29 is 14.7 Å². The zero-order chi connectivity index (χ0) is 13.5. The Hall–Kier alpha value is -1.20. The Morgan fingerprint density at radius 2 is 2.00 bits per heavy atom. The summed E-state index contributed by atoms with van der Waals surface area (Å²) in [5, 5.41) is 11.6. The molecule has 1 atom stereocenters. The summed E-state index contributed by atoms with van der Waals surface area (Å²) < 4.78 is 0. The van der Waals surface area contributed by atoms with E-state index in [9.17, 15) is 14.7 Å². The summed E-state index contributed by atoms with van der Waals surface area (Å²) in [7, 11) is 0. The van der Waals surface area contributed by atoms with E-state index in [2.05, 4.69) is 0 Å². The van der Waals surface area contributed by atoms with Crippen LogP contribution in [0.1, 0.15) is 36.4 Å². The highest BCUT2D eigenvalue weighted by atomic mass is 32.1. The number of aliphatic hydroxyl groups excluding tert-OH is 1. The van der Waals surface area contributed by atoms with Crippen LogP contribution in [0.4, 0.5) is 0 Å². The molecule has 1 N–H and O–H groups in total. The molecular formula is C13H19NO3S. The van der Waals surface area contributed by atoms with Gasteiger partial charge in [-0.05, 0) is 25.3 Å². The van der Waals surface area contributed by atoms with Crippen molar-refractivity contribution >= 4 is 23.0 Å². The molecule has 0 aromatic carbocycles. The maximum atomic E-state index is 11.7. The van der Waals surface area contributed by atoms with Crippen molar-refractivity contribution in [2.24, 2.45) is 0 Å². The molecule has 0 fully saturated rings. The molecule has 0 spiro atoms. The molecule has 1 amide bonds. The van der Waals surface area contributed by atoms with Gasteiger partial charge in [0, 0.05) is 19.5 Å². The van der Waals surface area contributed by atoms with Crippen molar-refractivity contribution in [3.05, 3.63) is 22.4 Å². The standard InChI is InChI=1S/C13H19NO3S/c1-3-14(4-2)13(17)9-10(15)8-11(16)12-6-5-7-18-12/h5-7,10,15H,3-4,8-9H2,1-2H3/t10-/m0/s1. The highest BCUT2D eigenvalue weighted by Gasteiger charge is 2.19. The first-order valence-corrected chi connectivity index (χ1v) is 6.99. The zero-order valence-electron chi connectivity index (χ0n) is 10.8. The lowest BCUT2D eigenvalue weighted by atomic mass is 10.1. The van der Waals surface area contributed by atoms with Crippen LogP contribution in [0, 0.1) is 0 Å². The number of ketones is 1. The number of Topliss-reactive ketones (excluding diaryl/α,β-unsaturated/α-hetero) is 1. The monoisotopic (exact) mass is 269 g/mol. The Morgan fingerprint density at radius 1 is 1.33 bits per heavy atom. The van der Waals surface area contributed by atoms with Gasteiger partial charge in [0.05, 0.1) is 17.4 Å². The van der Waals surface area contributed by atoms with Crippen LogP contribution in [0.3, 0.4) is 0 Å². The smallest absolute Gasteiger partial charge is 0.225 e. The molecule has 0 aliphatic rings. The fourth-order valence-electron chi connectivity index (χ4n) is 1.73. The van der Waals surface area contributed by atoms with E-state index in [-0.39, 0.29) is 24.5 Å². The van der Waals surface area contributed by atoms with Gasteiger partial charge in [-0.15, -0.1) is 11.3 Å². The molecule has 5 heteroatoms. The lowest BCUT2D eigenvalue weighted by molar-refractivity contribution is -0.132. The van der Waals surface area contributed by atoms with E-state index in [4.69, 9.17) is 0 Å². The van der Waals surface area contributed by atoms with Gasteiger partial charge in [-0.25, -0.2) is 0 Å². The normalized spacial score (nSPS) is 12.2. The van der Waals surface area contributed by atoms with Crippen LogP contribution < -0.4 is 0 Å². The topological polar surface area (TPSA) is 57.6 Å². The van der Waals surface area contributed by atoms with E-state index >= 15 is 0 Å². The number of hydrogen-bond acceptors (Lipinski definition) is 4. The maximum Gasteiger partial charge on any atom is 0.225 e. The average molecular weight is 269 g/mol. The van der Waals surface area contributed by atoms with E-state index in [0.29, 0.717) is 18.0 Å². The third kappa shape index (κ3) is 4.23. The van der Waals surface area contributed by atoms with Gasteiger partial charge in [0.2, 0.25) is 5.91 Å². The van der Waals surface area contributed by atoms with Gasteiger partial charge < -0.3 is 10.0 Å². The summed E-state index contributed by atoms with van der Waals surface area (Å²) in [6.07, 6.45) is -0.875. The Morgan fingerprint density at radius 3 is 2.50 bits per heavy atom. The molecule has 1 aromatic heterocycles. The quantitative estimate of drug-likeness (QED) is 0.770. The number of carbonyl (C=O) groups is 2. The van der Waals surface area contributed by atoms with Gasteiger partial charge in [0.25, 0.3) is 0 Å². The number of hydrogen-bond donors (Lipinski definition) is 1. The van der Waals surface area contributed by atoms with E-state index in [0.717, 1.165) is 0 Å². The first-order chi connectivity index (χ1) is 8.58. The Balaban J connectivity index is 2.44. The molecule has 1 aromatic rings.